The van der Waals surface area contributed by atoms with Crippen molar-refractivity contribution in [1.82, 2.24) is 0 Å². The van der Waals surface area contributed by atoms with Crippen LogP contribution in [-0.2, 0) is 6.42 Å². The van der Waals surface area contributed by atoms with Crippen LogP contribution >= 0.6 is 11.6 Å². The highest BCUT2D eigenvalue weighted by atomic mass is 35.5. The number of halogens is 1. The summed E-state index contributed by atoms with van der Waals surface area (Å²) < 4.78 is 5.87. The molecule has 0 aliphatic heterocycles. The molecule has 2 nitrogen and oxygen atoms in total. The Labute approximate surface area is 131 Å². The van der Waals surface area contributed by atoms with Gasteiger partial charge in [-0.2, -0.15) is 0 Å². The molecule has 0 amide bonds. The number of hydrogen-bond donors (Lipinski definition) is 1. The van der Waals surface area contributed by atoms with E-state index in [2.05, 4.69) is 19.9 Å². The van der Waals surface area contributed by atoms with Crippen molar-refractivity contribution in [3.05, 3.63) is 58.1 Å². The van der Waals surface area contributed by atoms with Crippen LogP contribution in [0.5, 0.6) is 11.5 Å². The molecule has 0 aromatic heterocycles. The molecule has 112 valence electrons. The topological polar surface area (TPSA) is 35.2 Å². The molecule has 3 heteroatoms. The molecule has 2 aromatic carbocycles. The van der Waals surface area contributed by atoms with Crippen LogP contribution in [0.15, 0.2) is 36.4 Å². The average molecular weight is 304 g/mol. The summed E-state index contributed by atoms with van der Waals surface area (Å²) in [6, 6.07) is 12.1. The minimum absolute atomic E-state index is 0.210. The Bertz CT molecular complexity index is 625. The molecule has 0 bridgehead atoms. The highest BCUT2D eigenvalue weighted by molar-refractivity contribution is 6.32. The number of benzene rings is 2. The van der Waals surface area contributed by atoms with Crippen molar-refractivity contribution in [2.24, 2.45) is 5.73 Å². The van der Waals surface area contributed by atoms with Crippen LogP contribution in [0.3, 0.4) is 0 Å². The van der Waals surface area contributed by atoms with Crippen molar-refractivity contribution in [1.29, 1.82) is 0 Å². The Morgan fingerprint density at radius 2 is 1.90 bits per heavy atom. The molecule has 2 N–H and O–H groups in total. The van der Waals surface area contributed by atoms with Crippen LogP contribution < -0.4 is 10.5 Å². The highest BCUT2D eigenvalue weighted by Gasteiger charge is 2.08. The predicted octanol–water partition coefficient (Wildman–Crippen LogP) is 5.03. The molecule has 0 aliphatic rings. The number of ether oxygens (including phenoxy) is 1. The van der Waals surface area contributed by atoms with Gasteiger partial charge < -0.3 is 10.5 Å². The van der Waals surface area contributed by atoms with Crippen molar-refractivity contribution in [2.75, 3.05) is 0 Å². The monoisotopic (exact) mass is 303 g/mol. The van der Waals surface area contributed by atoms with E-state index in [0.29, 0.717) is 10.8 Å². The lowest BCUT2D eigenvalue weighted by Gasteiger charge is -2.13. The van der Waals surface area contributed by atoms with E-state index in [1.807, 2.05) is 37.3 Å². The second kappa shape index (κ2) is 6.97. The van der Waals surface area contributed by atoms with Crippen molar-refractivity contribution >= 4 is 11.6 Å². The van der Waals surface area contributed by atoms with Gasteiger partial charge in [-0.05, 0) is 67.6 Å². The van der Waals surface area contributed by atoms with Crippen LogP contribution in [0.1, 0.15) is 30.0 Å². The molecule has 0 saturated heterocycles. The smallest absolute Gasteiger partial charge is 0.146 e. The van der Waals surface area contributed by atoms with Gasteiger partial charge in [0.15, 0.2) is 0 Å². The summed E-state index contributed by atoms with van der Waals surface area (Å²) in [5.41, 5.74) is 9.60. The third-order valence-corrected chi connectivity index (χ3v) is 3.93. The molecule has 2 aromatic rings. The van der Waals surface area contributed by atoms with E-state index in [4.69, 9.17) is 22.1 Å². The minimum atomic E-state index is 0.210. The lowest BCUT2D eigenvalue weighted by atomic mass is 10.00. The summed E-state index contributed by atoms with van der Waals surface area (Å²) in [6.45, 7) is 6.20. The van der Waals surface area contributed by atoms with Gasteiger partial charge in [-0.25, -0.2) is 0 Å². The zero-order valence-corrected chi connectivity index (χ0v) is 13.6. The summed E-state index contributed by atoms with van der Waals surface area (Å²) >= 11 is 6.20. The van der Waals surface area contributed by atoms with Gasteiger partial charge in [-0.3, -0.25) is 0 Å². The van der Waals surface area contributed by atoms with Gasteiger partial charge in [0, 0.05) is 6.04 Å². The van der Waals surface area contributed by atoms with Crippen LogP contribution in [0.2, 0.25) is 5.02 Å². The predicted molar refractivity (Wildman–Crippen MR) is 89.4 cm³/mol. The maximum Gasteiger partial charge on any atom is 0.146 e. The Hall–Kier alpha value is -1.51. The van der Waals surface area contributed by atoms with E-state index < -0.39 is 0 Å². The Morgan fingerprint density at radius 3 is 2.52 bits per heavy atom. The summed E-state index contributed by atoms with van der Waals surface area (Å²) in [5.74, 6) is 1.48. The molecule has 0 radical (unpaired) electrons. The first-order chi connectivity index (χ1) is 9.99. The number of hydrogen-bond acceptors (Lipinski definition) is 2. The second-order valence-electron chi connectivity index (χ2n) is 5.50. The zero-order chi connectivity index (χ0) is 15.4. The third kappa shape index (κ3) is 4.23. The summed E-state index contributed by atoms with van der Waals surface area (Å²) in [7, 11) is 0. The molecule has 1 atom stereocenters. The summed E-state index contributed by atoms with van der Waals surface area (Å²) in [5, 5.41) is 0.629. The molecule has 21 heavy (non-hydrogen) atoms. The fraction of sp³-hybridized carbons (Fsp3) is 0.333. The third-order valence-electron chi connectivity index (χ3n) is 3.64. The van der Waals surface area contributed by atoms with Crippen molar-refractivity contribution in [2.45, 2.75) is 39.7 Å². The molecular weight excluding hydrogens is 282 g/mol. The van der Waals surface area contributed by atoms with Gasteiger partial charge in [0.25, 0.3) is 0 Å². The quantitative estimate of drug-likeness (QED) is 0.841. The van der Waals surface area contributed by atoms with Crippen LogP contribution in [0.25, 0.3) is 0 Å². The molecule has 1 unspecified atom stereocenters. The standard InChI is InChI=1S/C18H22ClNO/c1-4-15(20)11-14-6-7-16(10-13(14)3)21-18-8-5-12(2)9-17(18)19/h5-10,15H,4,11,20H2,1-3H3. The molecule has 0 fully saturated rings. The molecule has 0 saturated carbocycles. The Balaban J connectivity index is 2.16. The van der Waals surface area contributed by atoms with Crippen LogP contribution in [0, 0.1) is 13.8 Å². The van der Waals surface area contributed by atoms with Gasteiger partial charge in [0.2, 0.25) is 0 Å². The van der Waals surface area contributed by atoms with Crippen molar-refractivity contribution < 1.29 is 4.74 Å². The van der Waals surface area contributed by atoms with Gasteiger partial charge in [-0.1, -0.05) is 30.7 Å². The van der Waals surface area contributed by atoms with Gasteiger partial charge in [0.05, 0.1) is 5.02 Å². The minimum Gasteiger partial charge on any atom is -0.456 e. The van der Waals surface area contributed by atoms with E-state index in [9.17, 15) is 0 Å². The van der Waals surface area contributed by atoms with Gasteiger partial charge >= 0.3 is 0 Å². The molecular formula is C18H22ClNO. The first kappa shape index (κ1) is 15.9. The first-order valence-corrected chi connectivity index (χ1v) is 7.66. The fourth-order valence-electron chi connectivity index (χ4n) is 2.20. The van der Waals surface area contributed by atoms with E-state index in [0.717, 1.165) is 24.2 Å². The number of nitrogens with two attached hydrogens (primary N) is 1. The molecule has 0 aliphatic carbocycles. The lowest BCUT2D eigenvalue weighted by molar-refractivity contribution is 0.482. The summed E-state index contributed by atoms with van der Waals surface area (Å²) in [6.07, 6.45) is 1.88. The van der Waals surface area contributed by atoms with Crippen molar-refractivity contribution in [3.63, 3.8) is 0 Å². The zero-order valence-electron chi connectivity index (χ0n) is 12.8. The maximum atomic E-state index is 6.20. The SMILES string of the molecule is CCC(N)Cc1ccc(Oc2ccc(C)cc2Cl)cc1C. The van der Waals surface area contributed by atoms with Crippen LogP contribution in [0.4, 0.5) is 0 Å². The van der Waals surface area contributed by atoms with Crippen molar-refractivity contribution in [3.8, 4) is 11.5 Å². The molecule has 0 spiro atoms. The Morgan fingerprint density at radius 1 is 1.14 bits per heavy atom. The maximum absolute atomic E-state index is 6.20. The lowest BCUT2D eigenvalue weighted by Crippen LogP contribution is -2.21. The summed E-state index contributed by atoms with van der Waals surface area (Å²) in [4.78, 5) is 0. The first-order valence-electron chi connectivity index (χ1n) is 7.28. The molecule has 2 rings (SSSR count). The number of rotatable bonds is 5. The average Bonchev–Trinajstić information content (AvgIpc) is 2.44. The number of aryl methyl sites for hydroxylation is 2. The normalized spacial score (nSPS) is 12.2. The molecule has 0 heterocycles. The van der Waals surface area contributed by atoms with E-state index in [-0.39, 0.29) is 6.04 Å². The largest absolute Gasteiger partial charge is 0.456 e. The van der Waals surface area contributed by atoms with E-state index in [1.165, 1.54) is 11.1 Å². The Kier molecular flexibility index (Phi) is 5.27. The van der Waals surface area contributed by atoms with Gasteiger partial charge in [-0.15, -0.1) is 0 Å². The van der Waals surface area contributed by atoms with Gasteiger partial charge in [0.1, 0.15) is 11.5 Å². The second-order valence-corrected chi connectivity index (χ2v) is 5.90. The fourth-order valence-corrected chi connectivity index (χ4v) is 2.48. The van der Waals surface area contributed by atoms with E-state index >= 15 is 0 Å². The highest BCUT2D eigenvalue weighted by Crippen LogP contribution is 2.31. The van der Waals surface area contributed by atoms with E-state index in [1.54, 1.807) is 0 Å². The van der Waals surface area contributed by atoms with Crippen LogP contribution in [-0.4, -0.2) is 6.04 Å².